The Hall–Kier alpha value is -1.98. The van der Waals surface area contributed by atoms with E-state index in [4.69, 9.17) is 4.42 Å². The van der Waals surface area contributed by atoms with E-state index in [1.807, 2.05) is 12.1 Å². The van der Waals surface area contributed by atoms with Crippen molar-refractivity contribution in [2.24, 2.45) is 5.92 Å². The third-order valence-electron chi connectivity index (χ3n) is 5.49. The fraction of sp³-hybridized carbons (Fsp3) is 0.444. The lowest BCUT2D eigenvalue weighted by molar-refractivity contribution is -0.938. The lowest BCUT2D eigenvalue weighted by Crippen LogP contribution is -2.65. The molecule has 1 aromatic carbocycles. The molecule has 1 unspecified atom stereocenters. The molecule has 3 saturated heterocycles. The Kier molecular flexibility index (Phi) is 3.36. The summed E-state index contributed by atoms with van der Waals surface area (Å²) >= 11 is 0. The first-order valence-corrected chi connectivity index (χ1v) is 8.16. The van der Waals surface area contributed by atoms with Crippen LogP contribution in [0, 0.1) is 5.92 Å². The van der Waals surface area contributed by atoms with E-state index >= 15 is 0 Å². The number of piperidine rings is 3. The Morgan fingerprint density at radius 2 is 2.00 bits per heavy atom. The van der Waals surface area contributed by atoms with Gasteiger partial charge in [0.25, 0.3) is 0 Å². The molecule has 0 saturated carbocycles. The lowest BCUT2D eigenvalue weighted by atomic mass is 9.83. The Morgan fingerprint density at radius 1 is 1.26 bits per heavy atom. The van der Waals surface area contributed by atoms with E-state index in [0.29, 0.717) is 22.5 Å². The molecule has 23 heavy (non-hydrogen) atoms. The first-order chi connectivity index (χ1) is 11.1. The summed E-state index contributed by atoms with van der Waals surface area (Å²) in [6.45, 7) is 2.71. The van der Waals surface area contributed by atoms with Crippen molar-refractivity contribution < 1.29 is 18.8 Å². The van der Waals surface area contributed by atoms with Crippen LogP contribution in [0.15, 0.2) is 39.5 Å². The van der Waals surface area contributed by atoms with E-state index in [-0.39, 0.29) is 24.0 Å². The van der Waals surface area contributed by atoms with Crippen molar-refractivity contribution in [1.29, 1.82) is 0 Å². The summed E-state index contributed by atoms with van der Waals surface area (Å²) in [5.74, 6) is 0.202. The largest absolute Gasteiger partial charge is 0.422 e. The van der Waals surface area contributed by atoms with E-state index < -0.39 is 5.63 Å². The molecular weight excluding hydrogens is 294 g/mol. The fourth-order valence-electron chi connectivity index (χ4n) is 4.12. The van der Waals surface area contributed by atoms with Crippen molar-refractivity contribution in [3.63, 3.8) is 0 Å². The molecule has 0 radical (unpaired) electrons. The maximum Gasteiger partial charge on any atom is 0.347 e. The van der Waals surface area contributed by atoms with Gasteiger partial charge in [-0.2, -0.15) is 0 Å². The molecule has 4 heterocycles. The quantitative estimate of drug-likeness (QED) is 0.530. The van der Waals surface area contributed by atoms with Crippen LogP contribution in [0.25, 0.3) is 11.0 Å². The number of nitrogens with zero attached hydrogens (tertiary/aromatic N) is 1. The van der Waals surface area contributed by atoms with Gasteiger partial charge in [-0.15, -0.1) is 0 Å². The van der Waals surface area contributed by atoms with Gasteiger partial charge in [-0.1, -0.05) is 18.2 Å². The summed E-state index contributed by atoms with van der Waals surface area (Å²) in [7, 11) is 0. The highest BCUT2D eigenvalue weighted by atomic mass is 16.4. The second-order valence-corrected chi connectivity index (χ2v) is 6.94. The molecule has 5 nitrogen and oxygen atoms in total. The predicted molar refractivity (Wildman–Crippen MR) is 85.3 cm³/mol. The molecule has 0 aliphatic carbocycles. The second kappa shape index (κ2) is 5.28. The van der Waals surface area contributed by atoms with Crippen molar-refractivity contribution in [2.75, 3.05) is 26.2 Å². The fourth-order valence-corrected chi connectivity index (χ4v) is 4.12. The van der Waals surface area contributed by atoms with Crippen molar-refractivity contribution in [2.45, 2.75) is 18.9 Å². The zero-order chi connectivity index (χ0) is 16.0. The summed E-state index contributed by atoms with van der Waals surface area (Å²) in [5.41, 5.74) is 0.0491. The van der Waals surface area contributed by atoms with Crippen LogP contribution in [0.3, 0.4) is 0 Å². The number of benzene rings is 1. The number of ketones is 1. The maximum absolute atomic E-state index is 12.7. The van der Waals surface area contributed by atoms with Crippen LogP contribution in [0.5, 0.6) is 0 Å². The van der Waals surface area contributed by atoms with Gasteiger partial charge >= 0.3 is 5.63 Å². The van der Waals surface area contributed by atoms with Gasteiger partial charge in [0.2, 0.25) is 5.78 Å². The molecule has 3 fully saturated rings. The molecule has 5 heteroatoms. The number of rotatable bonds is 3. The van der Waals surface area contributed by atoms with E-state index in [2.05, 4.69) is 0 Å². The monoisotopic (exact) mass is 314 g/mol. The highest BCUT2D eigenvalue weighted by Crippen LogP contribution is 2.34. The number of aliphatic hydroxyl groups is 1. The van der Waals surface area contributed by atoms with Crippen LogP contribution in [0.4, 0.5) is 0 Å². The molecule has 1 atom stereocenters. The Bertz CT molecular complexity index is 817. The van der Waals surface area contributed by atoms with Crippen molar-refractivity contribution in [3.8, 4) is 0 Å². The Balaban J connectivity index is 1.64. The van der Waals surface area contributed by atoms with Gasteiger partial charge in [0.1, 0.15) is 30.3 Å². The van der Waals surface area contributed by atoms with Gasteiger partial charge in [-0.3, -0.25) is 4.79 Å². The molecule has 1 aromatic heterocycles. The third kappa shape index (κ3) is 2.50. The smallest absolute Gasteiger partial charge is 0.347 e. The van der Waals surface area contributed by atoms with E-state index in [0.717, 1.165) is 31.3 Å². The van der Waals surface area contributed by atoms with Crippen molar-refractivity contribution in [1.82, 2.24) is 0 Å². The number of hydrogen-bond acceptors (Lipinski definition) is 4. The standard InChI is InChI=1S/C18H20NO4/c20-15-10-19(7-5-12(15)6-8-19)11-16(21)14-9-13-3-1-2-4-17(13)23-18(14)22/h1-4,9,12,15,20H,5-8,10-11H2/q+1. The molecule has 0 spiro atoms. The molecule has 3 aliphatic heterocycles. The van der Waals surface area contributed by atoms with Gasteiger partial charge in [0, 0.05) is 24.1 Å². The van der Waals surface area contributed by atoms with Crippen LogP contribution in [0.2, 0.25) is 0 Å². The van der Waals surface area contributed by atoms with Crippen LogP contribution in [-0.4, -0.2) is 47.7 Å². The summed E-state index contributed by atoms with van der Waals surface area (Å²) in [4.78, 5) is 24.8. The van der Waals surface area contributed by atoms with E-state index in [1.165, 1.54) is 0 Å². The number of aliphatic hydroxyl groups excluding tert-OH is 1. The second-order valence-electron chi connectivity index (χ2n) is 6.94. The summed E-state index contributed by atoms with van der Waals surface area (Å²) < 4.78 is 5.87. The Labute approximate surface area is 133 Å². The molecule has 2 aromatic rings. The van der Waals surface area contributed by atoms with Gasteiger partial charge < -0.3 is 14.0 Å². The number of carbonyl (C=O) groups excluding carboxylic acids is 1. The summed E-state index contributed by atoms with van der Waals surface area (Å²) in [6.07, 6.45) is 1.60. The van der Waals surface area contributed by atoms with Gasteiger partial charge in [0.05, 0.1) is 13.1 Å². The zero-order valence-corrected chi connectivity index (χ0v) is 12.9. The van der Waals surface area contributed by atoms with Gasteiger partial charge in [0.15, 0.2) is 0 Å². The highest BCUT2D eigenvalue weighted by Gasteiger charge is 2.46. The van der Waals surface area contributed by atoms with Crippen LogP contribution in [-0.2, 0) is 0 Å². The Morgan fingerprint density at radius 3 is 2.74 bits per heavy atom. The average molecular weight is 314 g/mol. The predicted octanol–water partition coefficient (Wildman–Crippen LogP) is 1.58. The lowest BCUT2D eigenvalue weighted by Gasteiger charge is -2.50. The molecule has 3 aliphatic rings. The first-order valence-electron chi connectivity index (χ1n) is 8.16. The van der Waals surface area contributed by atoms with Gasteiger partial charge in [-0.25, -0.2) is 4.79 Å². The number of fused-ring (bicyclic) bond motifs is 4. The maximum atomic E-state index is 12.7. The van der Waals surface area contributed by atoms with E-state index in [9.17, 15) is 14.7 Å². The minimum absolute atomic E-state index is 0.124. The van der Waals surface area contributed by atoms with Crippen LogP contribution in [0.1, 0.15) is 23.2 Å². The van der Waals surface area contributed by atoms with Crippen molar-refractivity contribution in [3.05, 3.63) is 46.3 Å². The number of hydrogen-bond donors (Lipinski definition) is 1. The highest BCUT2D eigenvalue weighted by molar-refractivity contribution is 5.99. The van der Waals surface area contributed by atoms with E-state index in [1.54, 1.807) is 18.2 Å². The van der Waals surface area contributed by atoms with Crippen LogP contribution >= 0.6 is 0 Å². The van der Waals surface area contributed by atoms with Gasteiger partial charge in [-0.05, 0) is 12.1 Å². The molecule has 5 rings (SSSR count). The molecular formula is C18H20NO4+. The normalized spacial score (nSPS) is 29.8. The summed E-state index contributed by atoms with van der Waals surface area (Å²) in [5, 5.41) is 10.9. The number of para-hydroxylation sites is 1. The first kappa shape index (κ1) is 14.6. The number of carbonyl (C=O) groups is 1. The molecule has 120 valence electrons. The molecule has 1 N–H and O–H groups in total. The molecule has 2 bridgehead atoms. The third-order valence-corrected chi connectivity index (χ3v) is 5.49. The minimum Gasteiger partial charge on any atom is -0.422 e. The average Bonchev–Trinajstić information content (AvgIpc) is 2.54. The number of Topliss-reactive ketones (excluding diaryl/α,β-unsaturated/α-hetero) is 1. The zero-order valence-electron chi connectivity index (χ0n) is 12.9. The minimum atomic E-state index is -0.570. The summed E-state index contributed by atoms with van der Waals surface area (Å²) in [6, 6.07) is 8.83. The van der Waals surface area contributed by atoms with Crippen molar-refractivity contribution >= 4 is 16.8 Å². The number of quaternary nitrogens is 1. The topological polar surface area (TPSA) is 67.5 Å². The van der Waals surface area contributed by atoms with Crippen LogP contribution < -0.4 is 5.63 Å². The molecule has 0 amide bonds. The SMILES string of the molecule is O=C(C[N+]12CCC(CC1)C(O)C2)c1cc2ccccc2oc1=O.